The van der Waals surface area contributed by atoms with Crippen molar-refractivity contribution in [2.24, 2.45) is 0 Å². The molecular formula is C12H13ClN4O. The van der Waals surface area contributed by atoms with Crippen LogP contribution in [0, 0.1) is 0 Å². The number of nitrogen functional groups attached to an aromatic ring is 1. The topological polar surface area (TPSA) is 80.9 Å². The van der Waals surface area contributed by atoms with Crippen LogP contribution >= 0.6 is 11.6 Å². The smallest absolute Gasteiger partial charge is 0.273 e. The third-order valence-corrected chi connectivity index (χ3v) is 2.75. The van der Waals surface area contributed by atoms with Gasteiger partial charge in [-0.25, -0.2) is 0 Å². The highest BCUT2D eigenvalue weighted by atomic mass is 35.5. The Morgan fingerprint density at radius 1 is 1.44 bits per heavy atom. The average molecular weight is 265 g/mol. The van der Waals surface area contributed by atoms with Crippen LogP contribution in [0.4, 0.5) is 5.69 Å². The summed E-state index contributed by atoms with van der Waals surface area (Å²) in [5.74, 6) is -0.307. The number of halogens is 1. The first-order valence-electron chi connectivity index (χ1n) is 5.63. The van der Waals surface area contributed by atoms with Gasteiger partial charge in [-0.05, 0) is 24.6 Å². The fourth-order valence-corrected chi connectivity index (χ4v) is 1.76. The Bertz CT molecular complexity index is 600. The SMILES string of the molecule is CCCNC(=O)c1nnc2cc(Cl)ccc2c1N. The van der Waals surface area contributed by atoms with Crippen LogP contribution < -0.4 is 11.1 Å². The molecule has 0 fully saturated rings. The summed E-state index contributed by atoms with van der Waals surface area (Å²) < 4.78 is 0. The molecule has 0 unspecified atom stereocenters. The predicted octanol–water partition coefficient (Wildman–Crippen LogP) is 2.01. The molecule has 0 spiro atoms. The van der Waals surface area contributed by atoms with Crippen LogP contribution in [0.3, 0.4) is 0 Å². The lowest BCUT2D eigenvalue weighted by Gasteiger charge is -2.07. The second kappa shape index (κ2) is 5.18. The maximum atomic E-state index is 11.8. The molecule has 18 heavy (non-hydrogen) atoms. The molecule has 6 heteroatoms. The molecule has 94 valence electrons. The third kappa shape index (κ3) is 2.36. The highest BCUT2D eigenvalue weighted by molar-refractivity contribution is 6.31. The van der Waals surface area contributed by atoms with Crippen LogP contribution in [-0.2, 0) is 0 Å². The Hall–Kier alpha value is -1.88. The van der Waals surface area contributed by atoms with Gasteiger partial charge >= 0.3 is 0 Å². The van der Waals surface area contributed by atoms with Crippen molar-refractivity contribution in [1.29, 1.82) is 0 Å². The number of nitrogens with two attached hydrogens (primary N) is 1. The van der Waals surface area contributed by atoms with E-state index in [1.54, 1.807) is 18.2 Å². The van der Waals surface area contributed by atoms with Gasteiger partial charge in [0, 0.05) is 17.0 Å². The van der Waals surface area contributed by atoms with Gasteiger partial charge in [0.25, 0.3) is 5.91 Å². The standard InChI is InChI=1S/C12H13ClN4O/c1-2-5-15-12(18)11-10(14)8-4-3-7(13)6-9(8)16-17-11/h3-4,6H,2,5H2,1H3,(H2,14,16)(H,15,18). The number of nitrogens with one attached hydrogen (secondary N) is 1. The molecule has 1 amide bonds. The minimum absolute atomic E-state index is 0.151. The minimum atomic E-state index is -0.307. The van der Waals surface area contributed by atoms with E-state index in [2.05, 4.69) is 15.5 Å². The Balaban J connectivity index is 2.45. The van der Waals surface area contributed by atoms with Crippen LogP contribution in [-0.4, -0.2) is 22.6 Å². The fourth-order valence-electron chi connectivity index (χ4n) is 1.59. The molecule has 3 N–H and O–H groups in total. The maximum Gasteiger partial charge on any atom is 0.273 e. The lowest BCUT2D eigenvalue weighted by Crippen LogP contribution is -2.26. The average Bonchev–Trinajstić information content (AvgIpc) is 2.36. The van der Waals surface area contributed by atoms with E-state index >= 15 is 0 Å². The Morgan fingerprint density at radius 3 is 2.94 bits per heavy atom. The summed E-state index contributed by atoms with van der Waals surface area (Å²) in [6.45, 7) is 2.55. The van der Waals surface area contributed by atoms with E-state index in [9.17, 15) is 4.79 Å². The molecule has 1 aromatic carbocycles. The van der Waals surface area contributed by atoms with Crippen LogP contribution in [0.15, 0.2) is 18.2 Å². The summed E-state index contributed by atoms with van der Waals surface area (Å²) in [4.78, 5) is 11.8. The van der Waals surface area contributed by atoms with Crippen molar-refractivity contribution in [2.45, 2.75) is 13.3 Å². The van der Waals surface area contributed by atoms with Crippen LogP contribution in [0.5, 0.6) is 0 Å². The van der Waals surface area contributed by atoms with Gasteiger partial charge in [0.15, 0.2) is 5.69 Å². The molecule has 1 aromatic heterocycles. The molecular weight excluding hydrogens is 252 g/mol. The van der Waals surface area contributed by atoms with E-state index < -0.39 is 0 Å². The summed E-state index contributed by atoms with van der Waals surface area (Å²) >= 11 is 5.85. The molecule has 0 aliphatic heterocycles. The van der Waals surface area contributed by atoms with Gasteiger partial charge < -0.3 is 11.1 Å². The van der Waals surface area contributed by atoms with Gasteiger partial charge in [-0.2, -0.15) is 0 Å². The zero-order valence-electron chi connectivity index (χ0n) is 9.90. The van der Waals surface area contributed by atoms with Gasteiger partial charge in [-0.15, -0.1) is 10.2 Å². The molecule has 0 aliphatic rings. The van der Waals surface area contributed by atoms with Crippen molar-refractivity contribution in [1.82, 2.24) is 15.5 Å². The van der Waals surface area contributed by atoms with Crippen LogP contribution in [0.1, 0.15) is 23.8 Å². The number of benzene rings is 1. The van der Waals surface area contributed by atoms with E-state index in [0.29, 0.717) is 28.2 Å². The molecule has 2 aromatic rings. The van der Waals surface area contributed by atoms with Crippen molar-refractivity contribution in [3.63, 3.8) is 0 Å². The largest absolute Gasteiger partial charge is 0.396 e. The van der Waals surface area contributed by atoms with E-state index in [4.69, 9.17) is 17.3 Å². The minimum Gasteiger partial charge on any atom is -0.396 e. The number of amides is 1. The number of rotatable bonds is 3. The lowest BCUT2D eigenvalue weighted by molar-refractivity contribution is 0.0949. The second-order valence-corrected chi connectivity index (χ2v) is 4.32. The summed E-state index contributed by atoms with van der Waals surface area (Å²) in [7, 11) is 0. The Morgan fingerprint density at radius 2 is 2.22 bits per heavy atom. The molecule has 2 rings (SSSR count). The Kier molecular flexibility index (Phi) is 3.62. The number of carbonyl (C=O) groups is 1. The first-order chi connectivity index (χ1) is 8.63. The number of anilines is 1. The van der Waals surface area contributed by atoms with Gasteiger partial charge in [-0.3, -0.25) is 4.79 Å². The van der Waals surface area contributed by atoms with E-state index in [1.165, 1.54) is 0 Å². The van der Waals surface area contributed by atoms with Crippen LogP contribution in [0.2, 0.25) is 5.02 Å². The lowest BCUT2D eigenvalue weighted by atomic mass is 10.1. The van der Waals surface area contributed by atoms with Crippen LogP contribution in [0.25, 0.3) is 10.9 Å². The van der Waals surface area contributed by atoms with E-state index in [0.717, 1.165) is 6.42 Å². The van der Waals surface area contributed by atoms with E-state index in [-0.39, 0.29) is 11.6 Å². The zero-order chi connectivity index (χ0) is 13.1. The number of aromatic nitrogens is 2. The molecule has 0 aliphatic carbocycles. The second-order valence-electron chi connectivity index (χ2n) is 3.88. The third-order valence-electron chi connectivity index (χ3n) is 2.51. The van der Waals surface area contributed by atoms with Crippen molar-refractivity contribution in [3.05, 3.63) is 28.9 Å². The van der Waals surface area contributed by atoms with Gasteiger partial charge in [0.05, 0.1) is 11.2 Å². The van der Waals surface area contributed by atoms with Crippen molar-refractivity contribution < 1.29 is 4.79 Å². The number of hydrogen-bond donors (Lipinski definition) is 2. The zero-order valence-corrected chi connectivity index (χ0v) is 10.7. The number of fused-ring (bicyclic) bond motifs is 1. The van der Waals surface area contributed by atoms with Crippen molar-refractivity contribution >= 4 is 34.1 Å². The van der Waals surface area contributed by atoms with Crippen molar-refractivity contribution in [2.75, 3.05) is 12.3 Å². The number of nitrogens with zero attached hydrogens (tertiary/aromatic N) is 2. The maximum absolute atomic E-state index is 11.8. The summed E-state index contributed by atoms with van der Waals surface area (Å²) in [5, 5.41) is 11.8. The highest BCUT2D eigenvalue weighted by Crippen LogP contribution is 2.23. The Labute approximate surface area is 109 Å². The fraction of sp³-hybridized carbons (Fsp3) is 0.250. The molecule has 0 saturated heterocycles. The molecule has 1 heterocycles. The summed E-state index contributed by atoms with van der Waals surface area (Å²) in [6, 6.07) is 5.10. The normalized spacial score (nSPS) is 10.6. The number of carbonyl (C=O) groups excluding carboxylic acids is 1. The molecule has 5 nitrogen and oxygen atoms in total. The summed E-state index contributed by atoms with van der Waals surface area (Å²) in [5.41, 5.74) is 6.99. The molecule has 0 saturated carbocycles. The van der Waals surface area contributed by atoms with E-state index in [1.807, 2.05) is 6.92 Å². The number of hydrogen-bond acceptors (Lipinski definition) is 4. The monoisotopic (exact) mass is 264 g/mol. The highest BCUT2D eigenvalue weighted by Gasteiger charge is 2.14. The van der Waals surface area contributed by atoms with Crippen molar-refractivity contribution in [3.8, 4) is 0 Å². The summed E-state index contributed by atoms with van der Waals surface area (Å²) in [6.07, 6.45) is 0.849. The first kappa shape index (κ1) is 12.6. The van der Waals surface area contributed by atoms with Gasteiger partial charge in [0.1, 0.15) is 0 Å². The molecule has 0 bridgehead atoms. The van der Waals surface area contributed by atoms with Gasteiger partial charge in [-0.1, -0.05) is 18.5 Å². The van der Waals surface area contributed by atoms with Gasteiger partial charge in [0.2, 0.25) is 0 Å². The molecule has 0 radical (unpaired) electrons. The molecule has 0 atom stereocenters. The first-order valence-corrected chi connectivity index (χ1v) is 6.01. The predicted molar refractivity (Wildman–Crippen MR) is 71.6 cm³/mol. The quantitative estimate of drug-likeness (QED) is 0.889.